The highest BCUT2D eigenvalue weighted by molar-refractivity contribution is 7.26. The van der Waals surface area contributed by atoms with Gasteiger partial charge in [-0.05, 0) is 53.1 Å². The van der Waals surface area contributed by atoms with Gasteiger partial charge in [-0.2, -0.15) is 0 Å². The molecule has 0 atom stereocenters. The van der Waals surface area contributed by atoms with Crippen LogP contribution in [0.4, 0.5) is 0 Å². The number of pyridine rings is 2. The lowest BCUT2D eigenvalue weighted by Gasteiger charge is -2.09. The van der Waals surface area contributed by atoms with Crippen LogP contribution in [0, 0.1) is 0 Å². The number of hydrogen-bond donors (Lipinski definition) is 0. The van der Waals surface area contributed by atoms with Crippen molar-refractivity contribution in [2.24, 2.45) is 0 Å². The van der Waals surface area contributed by atoms with Crippen LogP contribution >= 0.6 is 11.3 Å². The molecule has 0 radical (unpaired) electrons. The zero-order valence-corrected chi connectivity index (χ0v) is 21.2. The van der Waals surface area contributed by atoms with Crippen LogP contribution in [0.15, 0.2) is 128 Å². The molecule has 0 saturated heterocycles. The van der Waals surface area contributed by atoms with Gasteiger partial charge in [0.05, 0.1) is 16.6 Å². The predicted octanol–water partition coefficient (Wildman–Crippen LogP) is 9.28. The summed E-state index contributed by atoms with van der Waals surface area (Å²) >= 11 is 1.86. The van der Waals surface area contributed by atoms with Gasteiger partial charge in [0.2, 0.25) is 0 Å². The molecule has 0 amide bonds. The Hall–Kier alpha value is -4.80. The molecule has 0 N–H and O–H groups in total. The third kappa shape index (κ3) is 3.14. The number of hydrogen-bond acceptors (Lipinski definition) is 3. The quantitative estimate of drug-likeness (QED) is 0.240. The lowest BCUT2D eigenvalue weighted by atomic mass is 10.0. The van der Waals surface area contributed by atoms with E-state index >= 15 is 0 Å². The van der Waals surface area contributed by atoms with Crippen LogP contribution in [0.1, 0.15) is 0 Å². The molecule has 8 rings (SSSR count). The van der Waals surface area contributed by atoms with E-state index in [0.717, 1.165) is 38.9 Å². The molecule has 0 saturated carbocycles. The van der Waals surface area contributed by atoms with Gasteiger partial charge in [-0.1, -0.05) is 78.9 Å². The summed E-state index contributed by atoms with van der Waals surface area (Å²) in [6, 6.07) is 40.6. The zero-order valence-electron chi connectivity index (χ0n) is 20.4. The number of aromatic nitrogens is 3. The lowest BCUT2D eigenvalue weighted by molar-refractivity contribution is 1.08. The molecular formula is C34H21N3S. The maximum atomic E-state index is 4.97. The highest BCUT2D eigenvalue weighted by atomic mass is 32.1. The summed E-state index contributed by atoms with van der Waals surface area (Å²) < 4.78 is 4.86. The van der Waals surface area contributed by atoms with Crippen molar-refractivity contribution in [3.8, 4) is 28.1 Å². The molecule has 0 aliphatic rings. The molecule has 0 fully saturated rings. The Balaban J connectivity index is 1.45. The largest absolute Gasteiger partial charge is 0.291 e. The first-order valence-corrected chi connectivity index (χ1v) is 13.5. The molecule has 38 heavy (non-hydrogen) atoms. The van der Waals surface area contributed by atoms with Gasteiger partial charge in [-0.3, -0.25) is 9.55 Å². The third-order valence-electron chi connectivity index (χ3n) is 7.31. The Morgan fingerprint density at radius 1 is 0.579 bits per heavy atom. The van der Waals surface area contributed by atoms with Crippen LogP contribution in [-0.2, 0) is 0 Å². The van der Waals surface area contributed by atoms with E-state index in [2.05, 4.69) is 108 Å². The standard InChI is InChI=1S/C34H21N3S/c1-3-9-22(10-4-1)24-16-19-30(36-21-24)37-28-15-8-20-35-32(28)27-17-18-29-31(33(27)37)26-14-7-13-25(34(26)38-29)23-11-5-2-6-12-23/h1-21H. The van der Waals surface area contributed by atoms with Gasteiger partial charge in [0.25, 0.3) is 0 Å². The molecule has 0 aliphatic heterocycles. The maximum absolute atomic E-state index is 4.97. The fraction of sp³-hybridized carbons (Fsp3) is 0. The average molecular weight is 504 g/mol. The number of nitrogens with zero attached hydrogens (tertiary/aromatic N) is 3. The van der Waals surface area contributed by atoms with Crippen molar-refractivity contribution in [1.82, 2.24) is 14.5 Å². The van der Waals surface area contributed by atoms with Crippen LogP contribution in [0.5, 0.6) is 0 Å². The van der Waals surface area contributed by atoms with E-state index in [0.29, 0.717) is 0 Å². The van der Waals surface area contributed by atoms with Crippen LogP contribution < -0.4 is 0 Å². The van der Waals surface area contributed by atoms with Gasteiger partial charge >= 0.3 is 0 Å². The van der Waals surface area contributed by atoms with Crippen LogP contribution in [0.3, 0.4) is 0 Å². The zero-order chi connectivity index (χ0) is 25.1. The van der Waals surface area contributed by atoms with Crippen molar-refractivity contribution in [3.05, 3.63) is 128 Å². The average Bonchev–Trinajstić information content (AvgIpc) is 3.54. The second-order valence-electron chi connectivity index (χ2n) is 9.46. The van der Waals surface area contributed by atoms with Crippen LogP contribution in [-0.4, -0.2) is 14.5 Å². The van der Waals surface area contributed by atoms with Crippen molar-refractivity contribution in [1.29, 1.82) is 0 Å². The number of fused-ring (bicyclic) bond motifs is 7. The molecule has 0 unspecified atom stereocenters. The van der Waals surface area contributed by atoms with Gasteiger partial charge in [0.15, 0.2) is 0 Å². The second-order valence-corrected chi connectivity index (χ2v) is 10.5. The van der Waals surface area contributed by atoms with E-state index in [9.17, 15) is 0 Å². The molecule has 4 heterocycles. The van der Waals surface area contributed by atoms with E-state index < -0.39 is 0 Å². The minimum Gasteiger partial charge on any atom is -0.291 e. The normalized spacial score (nSPS) is 11.7. The number of benzene rings is 4. The molecular weight excluding hydrogens is 482 g/mol. The molecule has 0 bridgehead atoms. The second kappa shape index (κ2) is 8.37. The first kappa shape index (κ1) is 21.3. The molecule has 4 heteroatoms. The summed E-state index contributed by atoms with van der Waals surface area (Å²) in [6.45, 7) is 0. The Kier molecular flexibility index (Phi) is 4.69. The molecule has 3 nitrogen and oxygen atoms in total. The molecule has 178 valence electrons. The topological polar surface area (TPSA) is 30.7 Å². The summed E-state index contributed by atoms with van der Waals surface area (Å²) in [6.07, 6.45) is 3.85. The van der Waals surface area contributed by atoms with E-state index in [4.69, 9.17) is 9.97 Å². The fourth-order valence-corrected chi connectivity index (χ4v) is 6.84. The molecule has 8 aromatic rings. The van der Waals surface area contributed by atoms with E-state index in [1.54, 1.807) is 0 Å². The SMILES string of the molecule is c1ccc(-c2ccc(-n3c4cccnc4c4ccc5sc6c(-c7ccccc7)cccc6c5c43)nc2)cc1. The van der Waals surface area contributed by atoms with Crippen molar-refractivity contribution in [2.45, 2.75) is 0 Å². The minimum atomic E-state index is 0.892. The fourth-order valence-electron chi connectivity index (χ4n) is 5.60. The van der Waals surface area contributed by atoms with Gasteiger partial charge in [0, 0.05) is 43.5 Å². The summed E-state index contributed by atoms with van der Waals surface area (Å²) in [5.41, 5.74) is 7.99. The molecule has 4 aromatic heterocycles. The van der Waals surface area contributed by atoms with Crippen molar-refractivity contribution in [3.63, 3.8) is 0 Å². The highest BCUT2D eigenvalue weighted by Crippen LogP contribution is 2.45. The first-order valence-electron chi connectivity index (χ1n) is 12.7. The minimum absolute atomic E-state index is 0.892. The Labute approximate surface area is 223 Å². The molecule has 0 spiro atoms. The maximum Gasteiger partial charge on any atom is 0.137 e. The number of thiophene rings is 1. The van der Waals surface area contributed by atoms with Gasteiger partial charge in [-0.15, -0.1) is 11.3 Å². The molecule has 4 aromatic carbocycles. The number of rotatable bonds is 3. The Morgan fingerprint density at radius 2 is 1.39 bits per heavy atom. The summed E-state index contributed by atoms with van der Waals surface area (Å²) in [4.78, 5) is 9.78. The van der Waals surface area contributed by atoms with Crippen molar-refractivity contribution in [2.75, 3.05) is 0 Å². The predicted molar refractivity (Wildman–Crippen MR) is 160 cm³/mol. The van der Waals surface area contributed by atoms with Crippen LogP contribution in [0.25, 0.3) is 70.2 Å². The van der Waals surface area contributed by atoms with Gasteiger partial charge in [-0.25, -0.2) is 4.98 Å². The third-order valence-corrected chi connectivity index (χ3v) is 8.52. The lowest BCUT2D eigenvalue weighted by Crippen LogP contribution is -1.97. The first-order chi connectivity index (χ1) is 18.9. The molecule has 0 aliphatic carbocycles. The van der Waals surface area contributed by atoms with E-state index in [1.807, 2.05) is 35.9 Å². The van der Waals surface area contributed by atoms with E-state index in [1.165, 1.54) is 31.3 Å². The summed E-state index contributed by atoms with van der Waals surface area (Å²) in [5.74, 6) is 0.892. The van der Waals surface area contributed by atoms with E-state index in [-0.39, 0.29) is 0 Å². The summed E-state index contributed by atoms with van der Waals surface area (Å²) in [7, 11) is 0. The Bertz CT molecular complexity index is 2110. The highest BCUT2D eigenvalue weighted by Gasteiger charge is 2.20. The smallest absolute Gasteiger partial charge is 0.137 e. The van der Waals surface area contributed by atoms with Crippen molar-refractivity contribution < 1.29 is 0 Å². The van der Waals surface area contributed by atoms with Crippen LogP contribution in [0.2, 0.25) is 0 Å². The summed E-state index contributed by atoms with van der Waals surface area (Å²) in [5, 5.41) is 3.67. The van der Waals surface area contributed by atoms with Gasteiger partial charge in [0.1, 0.15) is 5.82 Å². The monoisotopic (exact) mass is 503 g/mol. The van der Waals surface area contributed by atoms with Gasteiger partial charge < -0.3 is 0 Å². The Morgan fingerprint density at radius 3 is 2.18 bits per heavy atom. The van der Waals surface area contributed by atoms with Crippen molar-refractivity contribution >= 4 is 53.4 Å².